The second kappa shape index (κ2) is 55.0. The van der Waals surface area contributed by atoms with Crippen LogP contribution >= 0.6 is 0 Å². The van der Waals surface area contributed by atoms with Crippen LogP contribution in [0.25, 0.3) is 0 Å². The zero-order valence-electron chi connectivity index (χ0n) is 44.0. The number of carbonyl (C=O) groups is 3. The first-order valence-electron chi connectivity index (χ1n) is 28.6. The number of carbonyl (C=O) groups excluding carboxylic acids is 3. The van der Waals surface area contributed by atoms with E-state index in [1.54, 1.807) is 0 Å². The largest absolute Gasteiger partial charge is 0.462 e. The average Bonchev–Trinajstić information content (AvgIpc) is 3.31. The minimum Gasteiger partial charge on any atom is -0.462 e. The van der Waals surface area contributed by atoms with Crippen LogP contribution in [-0.2, 0) is 28.6 Å². The molecular weight excluding hydrogens is 817 g/mol. The maximum absolute atomic E-state index is 12.8. The highest BCUT2D eigenvalue weighted by molar-refractivity contribution is 5.71. The van der Waals surface area contributed by atoms with E-state index in [0.717, 1.165) is 89.9 Å². The standard InChI is InChI=1S/C60H108O6/c1-4-7-10-13-16-19-22-24-26-27-28-29-30-31-32-33-34-36-38-41-44-47-50-53-59(62)65-56-57(55-64-58(61)52-49-46-43-40-37-21-18-15-12-9-6-3)66-60(63)54-51-48-45-42-39-35-25-23-20-17-14-11-8-5-2/h14-15,17-18,23,25,27-28,57H,4-13,16,19-22,24,26,29-56H2,1-3H3/b17-14-,18-15-,25-23-,28-27-. The zero-order chi connectivity index (χ0) is 47.9. The molecule has 0 bridgehead atoms. The molecule has 0 aromatic carbocycles. The molecule has 384 valence electrons. The average molecular weight is 926 g/mol. The zero-order valence-corrected chi connectivity index (χ0v) is 44.0. The van der Waals surface area contributed by atoms with E-state index >= 15 is 0 Å². The first-order valence-corrected chi connectivity index (χ1v) is 28.6. The SMILES string of the molecule is CCCC/C=C\C/C=C\CCCCCCCC(=O)OC(COC(=O)CCCCCCC/C=C\CCCC)COC(=O)CCCCCCCCCCCCC/C=C\CCCCCCCCCC. The topological polar surface area (TPSA) is 78.9 Å². The van der Waals surface area contributed by atoms with Crippen molar-refractivity contribution >= 4 is 17.9 Å². The molecule has 0 amide bonds. The van der Waals surface area contributed by atoms with Gasteiger partial charge < -0.3 is 14.2 Å². The Morgan fingerprint density at radius 3 is 0.894 bits per heavy atom. The second-order valence-electron chi connectivity index (χ2n) is 19.2. The Hall–Kier alpha value is -2.63. The highest BCUT2D eigenvalue weighted by Gasteiger charge is 2.19. The molecule has 0 aliphatic heterocycles. The first-order chi connectivity index (χ1) is 32.5. The Labute approximate surface area is 409 Å². The highest BCUT2D eigenvalue weighted by Crippen LogP contribution is 2.16. The molecule has 0 N–H and O–H groups in total. The molecule has 0 saturated carbocycles. The lowest BCUT2D eigenvalue weighted by molar-refractivity contribution is -0.167. The summed E-state index contributed by atoms with van der Waals surface area (Å²) in [5, 5.41) is 0. The van der Waals surface area contributed by atoms with Gasteiger partial charge in [0.2, 0.25) is 0 Å². The third kappa shape index (κ3) is 52.3. The van der Waals surface area contributed by atoms with Crippen molar-refractivity contribution in [2.24, 2.45) is 0 Å². The van der Waals surface area contributed by atoms with E-state index in [0.29, 0.717) is 19.3 Å². The lowest BCUT2D eigenvalue weighted by Crippen LogP contribution is -2.30. The molecule has 6 nitrogen and oxygen atoms in total. The summed E-state index contributed by atoms with van der Waals surface area (Å²) < 4.78 is 16.8. The van der Waals surface area contributed by atoms with E-state index in [1.807, 2.05) is 0 Å². The van der Waals surface area contributed by atoms with Crippen LogP contribution in [0.1, 0.15) is 297 Å². The van der Waals surface area contributed by atoms with Crippen molar-refractivity contribution in [2.75, 3.05) is 13.2 Å². The van der Waals surface area contributed by atoms with Crippen molar-refractivity contribution in [1.29, 1.82) is 0 Å². The summed E-state index contributed by atoms with van der Waals surface area (Å²) in [6.45, 7) is 6.56. The summed E-state index contributed by atoms with van der Waals surface area (Å²) in [6.07, 6.45) is 66.8. The van der Waals surface area contributed by atoms with Gasteiger partial charge in [-0.3, -0.25) is 14.4 Å². The van der Waals surface area contributed by atoms with Crippen molar-refractivity contribution in [3.05, 3.63) is 48.6 Å². The predicted octanol–water partition coefficient (Wildman–Crippen LogP) is 19.0. The van der Waals surface area contributed by atoms with E-state index in [1.165, 1.54) is 167 Å². The molecule has 0 aromatic heterocycles. The van der Waals surface area contributed by atoms with E-state index in [9.17, 15) is 14.4 Å². The van der Waals surface area contributed by atoms with E-state index in [4.69, 9.17) is 14.2 Å². The number of allylic oxidation sites excluding steroid dienone is 8. The minimum atomic E-state index is -0.782. The van der Waals surface area contributed by atoms with Crippen LogP contribution in [0.5, 0.6) is 0 Å². The molecule has 66 heavy (non-hydrogen) atoms. The van der Waals surface area contributed by atoms with Crippen molar-refractivity contribution in [3.63, 3.8) is 0 Å². The smallest absolute Gasteiger partial charge is 0.306 e. The molecular formula is C60H108O6. The van der Waals surface area contributed by atoms with Gasteiger partial charge in [-0.05, 0) is 89.9 Å². The highest BCUT2D eigenvalue weighted by atomic mass is 16.6. The summed E-state index contributed by atoms with van der Waals surface area (Å²) in [5.41, 5.74) is 0. The van der Waals surface area contributed by atoms with Crippen LogP contribution in [0.4, 0.5) is 0 Å². The van der Waals surface area contributed by atoms with Crippen LogP contribution < -0.4 is 0 Å². The molecule has 0 aromatic rings. The summed E-state index contributed by atoms with van der Waals surface area (Å²) in [5.74, 6) is -0.896. The number of unbranched alkanes of at least 4 members (excludes halogenated alkanes) is 33. The Morgan fingerprint density at radius 2 is 0.561 bits per heavy atom. The number of ether oxygens (including phenoxy) is 3. The fourth-order valence-electron chi connectivity index (χ4n) is 8.14. The Kier molecular flexibility index (Phi) is 52.8. The third-order valence-electron chi connectivity index (χ3n) is 12.5. The van der Waals surface area contributed by atoms with E-state index in [2.05, 4.69) is 69.4 Å². The molecule has 0 heterocycles. The van der Waals surface area contributed by atoms with Gasteiger partial charge in [-0.2, -0.15) is 0 Å². The normalized spacial score (nSPS) is 12.3. The summed E-state index contributed by atoms with van der Waals surface area (Å²) in [4.78, 5) is 38.0. The van der Waals surface area contributed by atoms with Gasteiger partial charge in [0.1, 0.15) is 13.2 Å². The molecule has 0 radical (unpaired) electrons. The molecule has 0 saturated heterocycles. The molecule has 0 aliphatic rings. The molecule has 1 unspecified atom stereocenters. The second-order valence-corrected chi connectivity index (χ2v) is 19.2. The van der Waals surface area contributed by atoms with E-state index in [-0.39, 0.29) is 31.1 Å². The van der Waals surface area contributed by atoms with Gasteiger partial charge in [0.15, 0.2) is 6.10 Å². The molecule has 0 spiro atoms. The van der Waals surface area contributed by atoms with Crippen LogP contribution in [0, 0.1) is 0 Å². The van der Waals surface area contributed by atoms with E-state index < -0.39 is 6.10 Å². The summed E-state index contributed by atoms with van der Waals surface area (Å²) in [7, 11) is 0. The third-order valence-corrected chi connectivity index (χ3v) is 12.5. The summed E-state index contributed by atoms with van der Waals surface area (Å²) >= 11 is 0. The van der Waals surface area contributed by atoms with Gasteiger partial charge in [0.05, 0.1) is 0 Å². The molecule has 1 atom stereocenters. The van der Waals surface area contributed by atoms with Gasteiger partial charge in [0.25, 0.3) is 0 Å². The minimum absolute atomic E-state index is 0.0805. The molecule has 0 aliphatic carbocycles. The number of rotatable bonds is 52. The van der Waals surface area contributed by atoms with Crippen molar-refractivity contribution in [2.45, 2.75) is 303 Å². The molecule has 0 fully saturated rings. The van der Waals surface area contributed by atoms with Gasteiger partial charge in [0, 0.05) is 19.3 Å². The number of hydrogen-bond donors (Lipinski definition) is 0. The van der Waals surface area contributed by atoms with Crippen LogP contribution in [-0.4, -0.2) is 37.2 Å². The van der Waals surface area contributed by atoms with Gasteiger partial charge >= 0.3 is 17.9 Å². The van der Waals surface area contributed by atoms with Crippen molar-refractivity contribution in [1.82, 2.24) is 0 Å². The Morgan fingerprint density at radius 1 is 0.303 bits per heavy atom. The maximum Gasteiger partial charge on any atom is 0.306 e. The van der Waals surface area contributed by atoms with Gasteiger partial charge in [-0.15, -0.1) is 0 Å². The van der Waals surface area contributed by atoms with Crippen molar-refractivity contribution < 1.29 is 28.6 Å². The predicted molar refractivity (Wildman–Crippen MR) is 284 cm³/mol. The Balaban J connectivity index is 4.26. The summed E-state index contributed by atoms with van der Waals surface area (Å²) in [6, 6.07) is 0. The van der Waals surface area contributed by atoms with Crippen LogP contribution in [0.2, 0.25) is 0 Å². The Bertz CT molecular complexity index is 1150. The van der Waals surface area contributed by atoms with Crippen LogP contribution in [0.15, 0.2) is 48.6 Å². The lowest BCUT2D eigenvalue weighted by atomic mass is 10.0. The van der Waals surface area contributed by atoms with Gasteiger partial charge in [-0.25, -0.2) is 0 Å². The van der Waals surface area contributed by atoms with Gasteiger partial charge in [-0.1, -0.05) is 236 Å². The molecule has 0 rings (SSSR count). The maximum atomic E-state index is 12.8. The lowest BCUT2D eigenvalue weighted by Gasteiger charge is -2.18. The number of hydrogen-bond acceptors (Lipinski definition) is 6. The monoisotopic (exact) mass is 925 g/mol. The fraction of sp³-hybridized carbons (Fsp3) is 0.817. The fourth-order valence-corrected chi connectivity index (χ4v) is 8.14. The number of esters is 3. The quantitative estimate of drug-likeness (QED) is 0.0262. The van der Waals surface area contributed by atoms with Crippen molar-refractivity contribution in [3.8, 4) is 0 Å². The molecule has 6 heteroatoms. The van der Waals surface area contributed by atoms with Crippen LogP contribution in [0.3, 0.4) is 0 Å². The first kappa shape index (κ1) is 63.4.